The van der Waals surface area contributed by atoms with Crippen LogP contribution in [-0.4, -0.2) is 29.6 Å². The summed E-state index contributed by atoms with van der Waals surface area (Å²) in [5.74, 6) is -0.558. The molecule has 2 rings (SSSR count). The molecule has 2 unspecified atom stereocenters. The molecule has 1 aliphatic rings. The first-order valence-corrected chi connectivity index (χ1v) is 7.92. The van der Waals surface area contributed by atoms with Crippen LogP contribution in [0.3, 0.4) is 0 Å². The van der Waals surface area contributed by atoms with Crippen LogP contribution in [0.15, 0.2) is 30.3 Å². The van der Waals surface area contributed by atoms with E-state index in [1.54, 1.807) is 0 Å². The van der Waals surface area contributed by atoms with E-state index in [0.717, 1.165) is 24.8 Å². The number of carboxylic acid groups (broad SMARTS) is 1. The highest BCUT2D eigenvalue weighted by atomic mass is 16.4. The summed E-state index contributed by atoms with van der Waals surface area (Å²) >= 11 is 0. The van der Waals surface area contributed by atoms with Gasteiger partial charge in [0, 0.05) is 0 Å². The van der Waals surface area contributed by atoms with Crippen molar-refractivity contribution >= 4 is 11.9 Å². The van der Waals surface area contributed by atoms with Gasteiger partial charge in [0.05, 0.1) is 12.6 Å². The molecule has 1 aromatic rings. The van der Waals surface area contributed by atoms with Crippen LogP contribution in [0.2, 0.25) is 0 Å². The second-order valence-electron chi connectivity index (χ2n) is 5.85. The lowest BCUT2D eigenvalue weighted by atomic mass is 10.0. The molecule has 1 aromatic carbocycles. The van der Waals surface area contributed by atoms with E-state index in [4.69, 9.17) is 5.11 Å². The van der Waals surface area contributed by atoms with Gasteiger partial charge in [-0.05, 0) is 30.7 Å². The van der Waals surface area contributed by atoms with Gasteiger partial charge in [0.1, 0.15) is 6.04 Å². The maximum atomic E-state index is 12.1. The van der Waals surface area contributed by atoms with E-state index >= 15 is 0 Å². The minimum Gasteiger partial charge on any atom is -0.480 e. The molecule has 0 aromatic heterocycles. The Kier molecular flexibility index (Phi) is 5.95. The fourth-order valence-electron chi connectivity index (χ4n) is 2.61. The third-order valence-corrected chi connectivity index (χ3v) is 3.95. The first kappa shape index (κ1) is 16.5. The van der Waals surface area contributed by atoms with E-state index in [9.17, 15) is 9.59 Å². The summed E-state index contributed by atoms with van der Waals surface area (Å²) in [6.45, 7) is 1.96. The number of amides is 1. The molecule has 0 aliphatic heterocycles. The zero-order valence-electron chi connectivity index (χ0n) is 12.9. The van der Waals surface area contributed by atoms with Crippen molar-refractivity contribution in [2.45, 2.75) is 44.7 Å². The Bertz CT molecular complexity index is 500. The fourth-order valence-corrected chi connectivity index (χ4v) is 2.61. The topological polar surface area (TPSA) is 78.4 Å². The van der Waals surface area contributed by atoms with Gasteiger partial charge in [0.25, 0.3) is 0 Å². The quantitative estimate of drug-likeness (QED) is 0.653. The smallest absolute Gasteiger partial charge is 0.320 e. The molecule has 0 spiro atoms. The van der Waals surface area contributed by atoms with Gasteiger partial charge in [-0.1, -0.05) is 43.7 Å². The number of nitrogens with one attached hydrogen (secondary N) is 2. The molecule has 120 valence electrons. The molecule has 5 heteroatoms. The predicted molar refractivity (Wildman–Crippen MR) is 84.4 cm³/mol. The highest BCUT2D eigenvalue weighted by Crippen LogP contribution is 2.40. The molecule has 1 fully saturated rings. The molecule has 1 amide bonds. The Labute approximate surface area is 131 Å². The van der Waals surface area contributed by atoms with Gasteiger partial charge >= 0.3 is 5.97 Å². The highest BCUT2D eigenvalue weighted by molar-refractivity contribution is 5.80. The fraction of sp³-hybridized carbons (Fsp3) is 0.529. The van der Waals surface area contributed by atoms with Crippen LogP contribution in [0.1, 0.15) is 44.2 Å². The Morgan fingerprint density at radius 1 is 1.27 bits per heavy atom. The average Bonchev–Trinajstić information content (AvgIpc) is 3.34. The lowest BCUT2D eigenvalue weighted by molar-refractivity contribution is -0.139. The van der Waals surface area contributed by atoms with Gasteiger partial charge in [0.2, 0.25) is 5.91 Å². The average molecular weight is 304 g/mol. The van der Waals surface area contributed by atoms with Crippen molar-refractivity contribution in [3.63, 3.8) is 0 Å². The third kappa shape index (κ3) is 4.84. The van der Waals surface area contributed by atoms with Crippen LogP contribution in [-0.2, 0) is 9.59 Å². The van der Waals surface area contributed by atoms with E-state index in [2.05, 4.69) is 10.6 Å². The molecule has 2 atom stereocenters. The van der Waals surface area contributed by atoms with Gasteiger partial charge in [-0.25, -0.2) is 0 Å². The zero-order chi connectivity index (χ0) is 15.9. The maximum absolute atomic E-state index is 12.1. The van der Waals surface area contributed by atoms with Crippen molar-refractivity contribution in [2.75, 3.05) is 6.54 Å². The normalized spacial score (nSPS) is 16.8. The van der Waals surface area contributed by atoms with Gasteiger partial charge in [-0.3, -0.25) is 14.9 Å². The third-order valence-electron chi connectivity index (χ3n) is 3.95. The Hall–Kier alpha value is -1.88. The number of hydrogen-bond acceptors (Lipinski definition) is 3. The number of carboxylic acids is 1. The lowest BCUT2D eigenvalue weighted by Gasteiger charge is -2.20. The minimum atomic E-state index is -0.906. The SMILES string of the molecule is CCCC(NCC(=O)NC(c1ccccc1)C1CC1)C(=O)O. The molecular formula is C17H24N2O3. The van der Waals surface area contributed by atoms with Gasteiger partial charge in [-0.2, -0.15) is 0 Å². The van der Waals surface area contributed by atoms with Gasteiger partial charge in [0.15, 0.2) is 0 Å². The summed E-state index contributed by atoms with van der Waals surface area (Å²) in [7, 11) is 0. The molecule has 0 saturated heterocycles. The zero-order valence-corrected chi connectivity index (χ0v) is 12.9. The number of aliphatic carboxylic acids is 1. The van der Waals surface area contributed by atoms with E-state index in [1.165, 1.54) is 0 Å². The van der Waals surface area contributed by atoms with Crippen molar-refractivity contribution in [1.82, 2.24) is 10.6 Å². The predicted octanol–water partition coefficient (Wildman–Crippen LogP) is 2.10. The van der Waals surface area contributed by atoms with E-state index < -0.39 is 12.0 Å². The maximum Gasteiger partial charge on any atom is 0.320 e. The second-order valence-corrected chi connectivity index (χ2v) is 5.85. The Morgan fingerprint density at radius 3 is 2.50 bits per heavy atom. The molecule has 22 heavy (non-hydrogen) atoms. The molecular weight excluding hydrogens is 280 g/mol. The molecule has 0 radical (unpaired) electrons. The van der Waals surface area contributed by atoms with Crippen molar-refractivity contribution in [1.29, 1.82) is 0 Å². The van der Waals surface area contributed by atoms with Gasteiger partial charge < -0.3 is 10.4 Å². The number of hydrogen-bond donors (Lipinski definition) is 3. The number of benzene rings is 1. The van der Waals surface area contributed by atoms with E-state index in [-0.39, 0.29) is 18.5 Å². The summed E-state index contributed by atoms with van der Waals surface area (Å²) in [5.41, 5.74) is 1.11. The lowest BCUT2D eigenvalue weighted by Crippen LogP contribution is -2.44. The van der Waals surface area contributed by atoms with E-state index in [1.807, 2.05) is 37.3 Å². The van der Waals surface area contributed by atoms with Crippen molar-refractivity contribution in [3.8, 4) is 0 Å². The largest absolute Gasteiger partial charge is 0.480 e. The van der Waals surface area contributed by atoms with Crippen molar-refractivity contribution in [3.05, 3.63) is 35.9 Å². The summed E-state index contributed by atoms with van der Waals surface area (Å²) in [4.78, 5) is 23.2. The molecule has 0 heterocycles. The Balaban J connectivity index is 1.88. The van der Waals surface area contributed by atoms with Crippen LogP contribution < -0.4 is 10.6 Å². The van der Waals surface area contributed by atoms with Crippen LogP contribution in [0.25, 0.3) is 0 Å². The standard InChI is InChI=1S/C17H24N2O3/c1-2-6-14(17(21)22)18-11-15(20)19-16(13-9-10-13)12-7-4-3-5-8-12/h3-5,7-8,13-14,16,18H,2,6,9-11H2,1H3,(H,19,20)(H,21,22). The van der Waals surface area contributed by atoms with Crippen LogP contribution in [0, 0.1) is 5.92 Å². The van der Waals surface area contributed by atoms with Crippen molar-refractivity contribution in [2.24, 2.45) is 5.92 Å². The molecule has 1 saturated carbocycles. The minimum absolute atomic E-state index is 0.0324. The number of carbonyl (C=O) groups is 2. The van der Waals surface area contributed by atoms with Crippen molar-refractivity contribution < 1.29 is 14.7 Å². The van der Waals surface area contributed by atoms with Crippen LogP contribution >= 0.6 is 0 Å². The van der Waals surface area contributed by atoms with Crippen LogP contribution in [0.5, 0.6) is 0 Å². The first-order chi connectivity index (χ1) is 10.6. The monoisotopic (exact) mass is 304 g/mol. The van der Waals surface area contributed by atoms with E-state index in [0.29, 0.717) is 12.3 Å². The van der Waals surface area contributed by atoms with Crippen LogP contribution in [0.4, 0.5) is 0 Å². The number of rotatable bonds is 9. The molecule has 0 bridgehead atoms. The molecule has 1 aliphatic carbocycles. The van der Waals surface area contributed by atoms with Gasteiger partial charge in [-0.15, -0.1) is 0 Å². The molecule has 3 N–H and O–H groups in total. The summed E-state index contributed by atoms with van der Waals surface area (Å²) in [6.07, 6.45) is 3.54. The first-order valence-electron chi connectivity index (χ1n) is 7.92. The highest BCUT2D eigenvalue weighted by Gasteiger charge is 2.33. The summed E-state index contributed by atoms with van der Waals surface area (Å²) in [6, 6.07) is 9.31. The Morgan fingerprint density at radius 2 is 1.95 bits per heavy atom. The number of carbonyl (C=O) groups excluding carboxylic acids is 1. The molecule has 5 nitrogen and oxygen atoms in total. The summed E-state index contributed by atoms with van der Waals surface area (Å²) < 4.78 is 0. The second kappa shape index (κ2) is 7.94. The summed E-state index contributed by atoms with van der Waals surface area (Å²) in [5, 5.41) is 14.9.